The summed E-state index contributed by atoms with van der Waals surface area (Å²) in [5.74, 6) is -2.19. The summed E-state index contributed by atoms with van der Waals surface area (Å²) in [4.78, 5) is 45.6. The van der Waals surface area contributed by atoms with Crippen LogP contribution in [0.3, 0.4) is 0 Å². The normalized spacial score (nSPS) is 29.8. The van der Waals surface area contributed by atoms with Gasteiger partial charge in [-0.15, -0.1) is 24.9 Å². The maximum atomic E-state index is 14.4. The Morgan fingerprint density at radius 1 is 1.26 bits per heavy atom. The van der Waals surface area contributed by atoms with E-state index in [1.54, 1.807) is 27.6 Å². The minimum absolute atomic E-state index is 0.0451. The Balaban J connectivity index is 1.76. The summed E-state index contributed by atoms with van der Waals surface area (Å²) in [6.07, 6.45) is 6.55. The van der Waals surface area contributed by atoms with E-state index in [2.05, 4.69) is 29.1 Å². The van der Waals surface area contributed by atoms with Gasteiger partial charge in [-0.3, -0.25) is 14.4 Å². The van der Waals surface area contributed by atoms with E-state index in [0.717, 1.165) is 24.8 Å². The molecule has 1 N–H and O–H groups in total. The lowest BCUT2D eigenvalue weighted by molar-refractivity contribution is -0.154. The smallest absolute Gasteiger partial charge is 0.310 e. The van der Waals surface area contributed by atoms with Crippen molar-refractivity contribution in [2.75, 3.05) is 19.8 Å². The molecule has 0 aliphatic carbocycles. The monoisotopic (exact) mass is 618 g/mol. The highest BCUT2D eigenvalue weighted by molar-refractivity contribution is 9.09. The van der Waals surface area contributed by atoms with Gasteiger partial charge in [0.05, 0.1) is 35.8 Å². The Hall–Kier alpha value is -2.10. The van der Waals surface area contributed by atoms with Gasteiger partial charge in [0.15, 0.2) is 0 Å². The second-order valence-corrected chi connectivity index (χ2v) is 13.6. The van der Waals surface area contributed by atoms with Crippen molar-refractivity contribution in [1.82, 2.24) is 9.80 Å². The van der Waals surface area contributed by atoms with Crippen LogP contribution in [0.1, 0.15) is 51.1 Å². The molecule has 3 heterocycles. The fourth-order valence-electron chi connectivity index (χ4n) is 6.49. The molecule has 9 heteroatoms. The Bertz CT molecular complexity index is 1080. The number of carbonyl (C=O) groups is 3. The summed E-state index contributed by atoms with van der Waals surface area (Å²) in [5, 5.41) is 10.4. The first kappa shape index (κ1) is 29.9. The molecular formula is C30H39BrN2O5S. The first-order valence-corrected chi connectivity index (χ1v) is 15.5. The fourth-order valence-corrected chi connectivity index (χ4v) is 10.1. The molecule has 212 valence electrons. The lowest BCUT2D eigenvalue weighted by Crippen LogP contribution is -2.57. The van der Waals surface area contributed by atoms with Crippen LogP contribution in [0.5, 0.6) is 0 Å². The molecule has 2 bridgehead atoms. The van der Waals surface area contributed by atoms with Crippen LogP contribution in [-0.4, -0.2) is 79.4 Å². The zero-order chi connectivity index (χ0) is 28.3. The third-order valence-corrected chi connectivity index (χ3v) is 11.4. The topological polar surface area (TPSA) is 87.2 Å². The first-order chi connectivity index (χ1) is 18.7. The summed E-state index contributed by atoms with van der Waals surface area (Å²) in [5.41, 5.74) is 0.749. The summed E-state index contributed by atoms with van der Waals surface area (Å²) in [7, 11) is 0. The molecule has 39 heavy (non-hydrogen) atoms. The number of esters is 1. The number of alkyl halides is 1. The van der Waals surface area contributed by atoms with Gasteiger partial charge in [0, 0.05) is 22.7 Å². The number of hydrogen-bond donors (Lipinski definition) is 1. The number of unbranched alkanes of at least 4 members (excludes halogenated alkanes) is 2. The number of carbonyl (C=O) groups excluding carboxylic acids is 3. The highest BCUT2D eigenvalue weighted by Gasteiger charge is 2.76. The van der Waals surface area contributed by atoms with Crippen LogP contribution < -0.4 is 0 Å². The molecule has 0 radical (unpaired) electrons. The van der Waals surface area contributed by atoms with Gasteiger partial charge in [0.1, 0.15) is 6.04 Å². The number of halogens is 1. The predicted octanol–water partition coefficient (Wildman–Crippen LogP) is 4.51. The molecule has 0 aromatic heterocycles. The zero-order valence-electron chi connectivity index (χ0n) is 22.7. The molecule has 3 aliphatic heterocycles. The van der Waals surface area contributed by atoms with Gasteiger partial charge in [-0.05, 0) is 45.1 Å². The number of aliphatic hydroxyl groups is 1. The molecule has 1 spiro atoms. The van der Waals surface area contributed by atoms with E-state index < -0.39 is 28.7 Å². The number of amides is 2. The summed E-state index contributed by atoms with van der Waals surface area (Å²) in [6.45, 7) is 11.7. The zero-order valence-corrected chi connectivity index (χ0v) is 25.1. The molecule has 1 aromatic rings. The predicted molar refractivity (Wildman–Crippen MR) is 157 cm³/mol. The summed E-state index contributed by atoms with van der Waals surface area (Å²) in [6, 6.07) is 7.63. The van der Waals surface area contributed by atoms with E-state index in [4.69, 9.17) is 4.74 Å². The largest absolute Gasteiger partial charge is 0.465 e. The maximum absolute atomic E-state index is 14.4. The standard InChI is InChI=1S/C30H39BrN2O5S/c1-5-7-8-12-16-38-29(37)23-24-27(35)33(22(18-34)20-13-10-9-11-14-20)26(28(36)32(15-6-2)19(3)4)30(24)17-21(31)25(23)39-30/h5-6,9-11,13-14,19,21-26,34H,1-2,7-8,12,15-18H2,3-4H3/t21?,22-,23-,24+,25-,26?,30?/m1/s1. The van der Waals surface area contributed by atoms with E-state index in [0.29, 0.717) is 13.0 Å². The van der Waals surface area contributed by atoms with Crippen LogP contribution in [0.4, 0.5) is 0 Å². The van der Waals surface area contributed by atoms with Crippen molar-refractivity contribution in [1.29, 1.82) is 0 Å². The summed E-state index contributed by atoms with van der Waals surface area (Å²) >= 11 is 5.37. The van der Waals surface area contributed by atoms with Gasteiger partial charge in [0.25, 0.3) is 0 Å². The molecular weight excluding hydrogens is 580 g/mol. The van der Waals surface area contributed by atoms with Crippen molar-refractivity contribution in [2.24, 2.45) is 11.8 Å². The highest BCUT2D eigenvalue weighted by atomic mass is 79.9. The van der Waals surface area contributed by atoms with Crippen LogP contribution in [0.15, 0.2) is 55.6 Å². The van der Waals surface area contributed by atoms with Crippen molar-refractivity contribution < 1.29 is 24.2 Å². The van der Waals surface area contributed by atoms with Crippen LogP contribution in [0.2, 0.25) is 0 Å². The number of allylic oxidation sites excluding steroid dienone is 1. The molecule has 3 fully saturated rings. The van der Waals surface area contributed by atoms with Gasteiger partial charge >= 0.3 is 5.97 Å². The minimum atomic E-state index is -0.838. The van der Waals surface area contributed by atoms with Crippen LogP contribution in [-0.2, 0) is 19.1 Å². The molecule has 0 saturated carbocycles. The summed E-state index contributed by atoms with van der Waals surface area (Å²) < 4.78 is 4.91. The fraction of sp³-hybridized carbons (Fsp3) is 0.567. The van der Waals surface area contributed by atoms with Crippen LogP contribution in [0.25, 0.3) is 0 Å². The SMILES string of the molecule is C=CCCCCOC(=O)[C@H]1[C@@H]2SC3(CC2Br)C(C(=O)N(CC=C)C(C)C)N([C@H](CO)c2ccccc2)C(=O)[C@H]13. The second kappa shape index (κ2) is 12.6. The van der Waals surface area contributed by atoms with E-state index in [1.165, 1.54) is 0 Å². The second-order valence-electron chi connectivity index (χ2n) is 10.8. The number of rotatable bonds is 13. The molecule has 4 rings (SSSR count). The maximum Gasteiger partial charge on any atom is 0.310 e. The number of aliphatic hydroxyl groups excluding tert-OH is 1. The number of hydrogen-bond acceptors (Lipinski definition) is 6. The van der Waals surface area contributed by atoms with E-state index in [1.807, 2.05) is 50.3 Å². The Labute approximate surface area is 244 Å². The molecule has 3 unspecified atom stereocenters. The van der Waals surface area contributed by atoms with Crippen molar-refractivity contribution in [3.05, 3.63) is 61.2 Å². The quantitative estimate of drug-likeness (QED) is 0.151. The number of likely N-dealkylation sites (tertiary alicyclic amines) is 1. The first-order valence-electron chi connectivity index (χ1n) is 13.7. The van der Waals surface area contributed by atoms with Crippen molar-refractivity contribution in [3.63, 3.8) is 0 Å². The average molecular weight is 620 g/mol. The number of nitrogens with zero attached hydrogens (tertiary/aromatic N) is 2. The Kier molecular flexibility index (Phi) is 9.65. The number of fused-ring (bicyclic) bond motifs is 1. The molecule has 3 aliphatic rings. The molecule has 2 amide bonds. The minimum Gasteiger partial charge on any atom is -0.465 e. The highest BCUT2D eigenvalue weighted by Crippen LogP contribution is 2.68. The lowest BCUT2D eigenvalue weighted by Gasteiger charge is -2.41. The van der Waals surface area contributed by atoms with Crippen molar-refractivity contribution >= 4 is 45.5 Å². The number of benzene rings is 1. The lowest BCUT2D eigenvalue weighted by atomic mass is 9.71. The van der Waals surface area contributed by atoms with Gasteiger partial charge in [-0.25, -0.2) is 0 Å². The molecule has 7 atom stereocenters. The van der Waals surface area contributed by atoms with Gasteiger partial charge in [-0.1, -0.05) is 58.4 Å². The third kappa shape index (κ3) is 5.34. The average Bonchev–Trinajstić information content (AvgIpc) is 3.51. The van der Waals surface area contributed by atoms with Gasteiger partial charge in [-0.2, -0.15) is 0 Å². The molecule has 3 saturated heterocycles. The molecule has 1 aromatic carbocycles. The Morgan fingerprint density at radius 3 is 2.59 bits per heavy atom. The number of thioether (sulfide) groups is 1. The van der Waals surface area contributed by atoms with Crippen LogP contribution in [0, 0.1) is 11.8 Å². The van der Waals surface area contributed by atoms with Crippen molar-refractivity contribution in [2.45, 2.75) is 72.5 Å². The van der Waals surface area contributed by atoms with E-state index in [-0.39, 0.29) is 47.1 Å². The Morgan fingerprint density at radius 2 is 1.97 bits per heavy atom. The third-order valence-electron chi connectivity index (χ3n) is 8.21. The van der Waals surface area contributed by atoms with Crippen molar-refractivity contribution in [3.8, 4) is 0 Å². The van der Waals surface area contributed by atoms with E-state index in [9.17, 15) is 19.5 Å². The molecule has 7 nitrogen and oxygen atoms in total. The van der Waals surface area contributed by atoms with Gasteiger partial charge in [0.2, 0.25) is 11.8 Å². The number of ether oxygens (including phenoxy) is 1. The van der Waals surface area contributed by atoms with Gasteiger partial charge < -0.3 is 19.6 Å². The van der Waals surface area contributed by atoms with Crippen LogP contribution >= 0.6 is 27.7 Å². The van der Waals surface area contributed by atoms with E-state index >= 15 is 0 Å².